The fourth-order valence-corrected chi connectivity index (χ4v) is 1.34. The lowest BCUT2D eigenvalue weighted by molar-refractivity contribution is 0.492. The number of alkyl halides is 1. The van der Waals surface area contributed by atoms with Crippen molar-refractivity contribution in [3.63, 3.8) is 0 Å². The summed E-state index contributed by atoms with van der Waals surface area (Å²) in [4.78, 5) is 4.32. The van der Waals surface area contributed by atoms with E-state index in [4.69, 9.17) is 0 Å². The minimum atomic E-state index is -0.342. The molecule has 0 bridgehead atoms. The fraction of sp³-hybridized carbons (Fsp3) is 0.182. The van der Waals surface area contributed by atoms with Gasteiger partial charge in [0.05, 0.1) is 12.2 Å². The number of halogens is 1. The average Bonchev–Trinajstić information content (AvgIpc) is 2.18. The van der Waals surface area contributed by atoms with E-state index < -0.39 is 0 Å². The molecule has 0 unspecified atom stereocenters. The first-order valence-electron chi connectivity index (χ1n) is 4.31. The molecule has 1 nitrogen and oxygen atoms in total. The number of hydrogen-bond donors (Lipinski definition) is 0. The molecular formula is C11H10FN. The number of aryl methyl sites for hydroxylation is 1. The summed E-state index contributed by atoms with van der Waals surface area (Å²) in [5.41, 5.74) is 1.76. The molecule has 0 amide bonds. The number of nitrogens with zero attached hydrogens (tertiary/aromatic N) is 1. The molecule has 2 aromatic rings. The van der Waals surface area contributed by atoms with Gasteiger partial charge in [-0.25, -0.2) is 0 Å². The Labute approximate surface area is 76.2 Å². The molecule has 1 aromatic carbocycles. The number of hydrogen-bond acceptors (Lipinski definition) is 1. The Bertz CT molecular complexity index is 412. The van der Waals surface area contributed by atoms with E-state index in [-0.39, 0.29) is 6.67 Å². The predicted octanol–water partition coefficient (Wildman–Crippen LogP) is 2.75. The van der Waals surface area contributed by atoms with Crippen molar-refractivity contribution in [2.24, 2.45) is 0 Å². The second kappa shape index (κ2) is 3.52. The fourth-order valence-electron chi connectivity index (χ4n) is 1.34. The van der Waals surface area contributed by atoms with E-state index in [1.807, 2.05) is 36.4 Å². The molecule has 2 heteroatoms. The molecule has 13 heavy (non-hydrogen) atoms. The van der Waals surface area contributed by atoms with Crippen LogP contribution in [0.3, 0.4) is 0 Å². The maximum atomic E-state index is 12.0. The smallest absolute Gasteiger partial charge is 0.0949 e. The van der Waals surface area contributed by atoms with Gasteiger partial charge in [-0.2, -0.15) is 0 Å². The van der Waals surface area contributed by atoms with E-state index >= 15 is 0 Å². The Kier molecular flexibility index (Phi) is 2.21. The second-order valence-corrected chi connectivity index (χ2v) is 2.93. The van der Waals surface area contributed by atoms with Crippen molar-refractivity contribution in [2.45, 2.75) is 6.42 Å². The monoisotopic (exact) mass is 175 g/mol. The Hall–Kier alpha value is -1.44. The number of rotatable bonds is 2. The van der Waals surface area contributed by atoms with Crippen LogP contribution in [-0.4, -0.2) is 11.7 Å². The predicted molar refractivity (Wildman–Crippen MR) is 51.4 cm³/mol. The van der Waals surface area contributed by atoms with E-state index in [1.165, 1.54) is 0 Å². The van der Waals surface area contributed by atoms with Gasteiger partial charge in [0.2, 0.25) is 0 Å². The van der Waals surface area contributed by atoms with Gasteiger partial charge in [-0.1, -0.05) is 24.3 Å². The number of para-hydroxylation sites is 1. The zero-order chi connectivity index (χ0) is 9.10. The van der Waals surface area contributed by atoms with Gasteiger partial charge < -0.3 is 0 Å². The first kappa shape index (κ1) is 8.17. The van der Waals surface area contributed by atoms with Crippen LogP contribution < -0.4 is 0 Å². The normalized spacial score (nSPS) is 10.5. The standard InChI is InChI=1S/C11H10FN/c12-8-7-10-6-5-9-3-1-2-4-11(9)13-10/h1-6H,7-8H2. The molecule has 0 aliphatic rings. The lowest BCUT2D eigenvalue weighted by Crippen LogP contribution is -1.91. The highest BCUT2D eigenvalue weighted by atomic mass is 19.1. The first-order chi connectivity index (χ1) is 6.40. The Balaban J connectivity index is 2.49. The van der Waals surface area contributed by atoms with Crippen molar-refractivity contribution in [3.05, 3.63) is 42.1 Å². The average molecular weight is 175 g/mol. The molecule has 0 aliphatic heterocycles. The van der Waals surface area contributed by atoms with Crippen LogP contribution in [0.2, 0.25) is 0 Å². The molecule has 0 spiro atoms. The van der Waals surface area contributed by atoms with Crippen LogP contribution in [0.5, 0.6) is 0 Å². The number of pyridine rings is 1. The minimum Gasteiger partial charge on any atom is -0.253 e. The van der Waals surface area contributed by atoms with Crippen molar-refractivity contribution >= 4 is 10.9 Å². The van der Waals surface area contributed by atoms with Crippen molar-refractivity contribution in [1.29, 1.82) is 0 Å². The van der Waals surface area contributed by atoms with Gasteiger partial charge in [-0.15, -0.1) is 0 Å². The van der Waals surface area contributed by atoms with Crippen LogP contribution in [0.15, 0.2) is 36.4 Å². The molecule has 0 saturated carbocycles. The second-order valence-electron chi connectivity index (χ2n) is 2.93. The summed E-state index contributed by atoms with van der Waals surface area (Å²) >= 11 is 0. The molecule has 1 aromatic heterocycles. The zero-order valence-corrected chi connectivity index (χ0v) is 7.20. The highest BCUT2D eigenvalue weighted by Crippen LogP contribution is 2.11. The van der Waals surface area contributed by atoms with Crippen LogP contribution in [0, 0.1) is 0 Å². The molecule has 0 radical (unpaired) electrons. The maximum Gasteiger partial charge on any atom is 0.0949 e. The van der Waals surface area contributed by atoms with E-state index in [0.717, 1.165) is 16.6 Å². The quantitative estimate of drug-likeness (QED) is 0.683. The first-order valence-corrected chi connectivity index (χ1v) is 4.31. The molecule has 66 valence electrons. The number of benzene rings is 1. The van der Waals surface area contributed by atoms with E-state index in [1.54, 1.807) is 0 Å². The summed E-state index contributed by atoms with van der Waals surface area (Å²) in [6.07, 6.45) is 0.408. The molecular weight excluding hydrogens is 165 g/mol. The van der Waals surface area contributed by atoms with Crippen molar-refractivity contribution < 1.29 is 4.39 Å². The molecule has 1 heterocycles. The van der Waals surface area contributed by atoms with Gasteiger partial charge in [0.1, 0.15) is 0 Å². The molecule has 2 rings (SSSR count). The van der Waals surface area contributed by atoms with E-state index in [2.05, 4.69) is 4.98 Å². The summed E-state index contributed by atoms with van der Waals surface area (Å²) in [6.45, 7) is -0.342. The van der Waals surface area contributed by atoms with Crippen molar-refractivity contribution in [2.75, 3.05) is 6.67 Å². The lowest BCUT2D eigenvalue weighted by Gasteiger charge is -1.99. The molecule has 0 saturated heterocycles. The lowest BCUT2D eigenvalue weighted by atomic mass is 10.2. The van der Waals surface area contributed by atoms with Gasteiger partial charge in [0, 0.05) is 17.5 Å². The molecule has 0 atom stereocenters. The van der Waals surface area contributed by atoms with Gasteiger partial charge in [0.15, 0.2) is 0 Å². The third-order valence-corrected chi connectivity index (χ3v) is 2.01. The number of aromatic nitrogens is 1. The molecule has 0 N–H and O–H groups in total. The molecule has 0 fully saturated rings. The van der Waals surface area contributed by atoms with Crippen LogP contribution in [0.4, 0.5) is 4.39 Å². The summed E-state index contributed by atoms with van der Waals surface area (Å²) in [5.74, 6) is 0. The van der Waals surface area contributed by atoms with Crippen LogP contribution in [0.25, 0.3) is 10.9 Å². The minimum absolute atomic E-state index is 0.342. The Morgan fingerprint density at radius 1 is 1.08 bits per heavy atom. The third kappa shape index (κ3) is 1.66. The molecule has 0 aliphatic carbocycles. The van der Waals surface area contributed by atoms with Gasteiger partial charge in [-0.3, -0.25) is 9.37 Å². The van der Waals surface area contributed by atoms with Crippen LogP contribution >= 0.6 is 0 Å². The van der Waals surface area contributed by atoms with E-state index in [9.17, 15) is 4.39 Å². The Morgan fingerprint density at radius 3 is 2.77 bits per heavy atom. The van der Waals surface area contributed by atoms with E-state index in [0.29, 0.717) is 6.42 Å². The summed E-state index contributed by atoms with van der Waals surface area (Å²) in [6, 6.07) is 11.7. The van der Waals surface area contributed by atoms with Gasteiger partial charge in [-0.05, 0) is 12.1 Å². The Morgan fingerprint density at radius 2 is 1.92 bits per heavy atom. The van der Waals surface area contributed by atoms with Crippen molar-refractivity contribution in [3.8, 4) is 0 Å². The zero-order valence-electron chi connectivity index (χ0n) is 7.20. The maximum absolute atomic E-state index is 12.0. The largest absolute Gasteiger partial charge is 0.253 e. The summed E-state index contributed by atoms with van der Waals surface area (Å²) < 4.78 is 12.0. The number of fused-ring (bicyclic) bond motifs is 1. The van der Waals surface area contributed by atoms with Crippen molar-refractivity contribution in [1.82, 2.24) is 4.98 Å². The SMILES string of the molecule is FCCc1ccc2ccccc2n1. The highest BCUT2D eigenvalue weighted by Gasteiger charge is 1.96. The topological polar surface area (TPSA) is 12.9 Å². The summed E-state index contributed by atoms with van der Waals surface area (Å²) in [5, 5.41) is 1.10. The van der Waals surface area contributed by atoms with Crippen LogP contribution in [-0.2, 0) is 6.42 Å². The van der Waals surface area contributed by atoms with Crippen LogP contribution in [0.1, 0.15) is 5.69 Å². The third-order valence-electron chi connectivity index (χ3n) is 2.01. The van der Waals surface area contributed by atoms with Gasteiger partial charge >= 0.3 is 0 Å². The van der Waals surface area contributed by atoms with Gasteiger partial charge in [0.25, 0.3) is 0 Å². The summed E-state index contributed by atoms with van der Waals surface area (Å²) in [7, 11) is 0. The highest BCUT2D eigenvalue weighted by molar-refractivity contribution is 5.78.